The zero-order valence-electron chi connectivity index (χ0n) is 15.6. The second-order valence-corrected chi connectivity index (χ2v) is 6.50. The minimum absolute atomic E-state index is 0.0837. The van der Waals surface area contributed by atoms with Gasteiger partial charge >= 0.3 is 5.63 Å². The third-order valence-electron chi connectivity index (χ3n) is 4.66. The molecule has 0 aliphatic carbocycles. The second-order valence-electron chi connectivity index (χ2n) is 6.50. The van der Waals surface area contributed by atoms with E-state index >= 15 is 0 Å². The Morgan fingerprint density at radius 1 is 1.07 bits per heavy atom. The van der Waals surface area contributed by atoms with Crippen LogP contribution in [0.15, 0.2) is 70.1 Å². The Kier molecular flexibility index (Phi) is 4.67. The van der Waals surface area contributed by atoms with Crippen LogP contribution >= 0.6 is 0 Å². The normalized spacial score (nSPS) is 11.7. The monoisotopic (exact) mass is 383 g/mol. The van der Waals surface area contributed by atoms with Crippen molar-refractivity contribution in [1.29, 1.82) is 5.26 Å². The number of nitrogens with zero attached hydrogens (tertiary/aromatic N) is 3. The third kappa shape index (κ3) is 3.28. The lowest BCUT2D eigenvalue weighted by atomic mass is 9.96. The maximum atomic E-state index is 12.6. The van der Waals surface area contributed by atoms with Crippen molar-refractivity contribution in [2.75, 3.05) is 11.1 Å². The van der Waals surface area contributed by atoms with E-state index in [0.717, 1.165) is 16.5 Å². The van der Waals surface area contributed by atoms with Crippen molar-refractivity contribution in [3.8, 4) is 17.2 Å². The van der Waals surface area contributed by atoms with Crippen molar-refractivity contribution in [2.45, 2.75) is 13.0 Å². The van der Waals surface area contributed by atoms with E-state index in [4.69, 9.17) is 10.2 Å². The number of aromatic nitrogens is 2. The highest BCUT2D eigenvalue weighted by Gasteiger charge is 2.22. The van der Waals surface area contributed by atoms with Crippen molar-refractivity contribution in [2.24, 2.45) is 0 Å². The summed E-state index contributed by atoms with van der Waals surface area (Å²) in [6.07, 6.45) is 1.28. The molecule has 4 aromatic rings. The molecule has 3 N–H and O–H groups in total. The largest absolute Gasteiger partial charge is 0.425 e. The Morgan fingerprint density at radius 3 is 2.48 bits per heavy atom. The minimum Gasteiger partial charge on any atom is -0.425 e. The highest BCUT2D eigenvalue weighted by atomic mass is 16.4. The van der Waals surface area contributed by atoms with Gasteiger partial charge in [-0.1, -0.05) is 48.5 Å². The molecule has 0 saturated carbocycles. The number of hydrogen-bond acceptors (Lipinski definition) is 7. The van der Waals surface area contributed by atoms with Crippen LogP contribution in [0.1, 0.15) is 24.3 Å². The topological polar surface area (TPSA) is 118 Å². The lowest BCUT2D eigenvalue weighted by Gasteiger charge is -2.19. The molecule has 4 rings (SSSR count). The molecule has 0 radical (unpaired) electrons. The summed E-state index contributed by atoms with van der Waals surface area (Å²) >= 11 is 0. The molecular weight excluding hydrogens is 366 g/mol. The summed E-state index contributed by atoms with van der Waals surface area (Å²) in [5.74, 6) is 0.809. The molecule has 7 nitrogen and oxygen atoms in total. The summed E-state index contributed by atoms with van der Waals surface area (Å²) in [6, 6.07) is 18.6. The van der Waals surface area contributed by atoms with Crippen molar-refractivity contribution >= 4 is 22.4 Å². The van der Waals surface area contributed by atoms with Crippen molar-refractivity contribution < 1.29 is 4.42 Å². The number of nitrogen functional groups attached to an aromatic ring is 1. The number of hydrogen-bond donors (Lipinski definition) is 2. The van der Waals surface area contributed by atoms with Gasteiger partial charge in [-0.25, -0.2) is 14.8 Å². The summed E-state index contributed by atoms with van der Waals surface area (Å²) in [7, 11) is 0. The first-order valence-corrected chi connectivity index (χ1v) is 8.98. The zero-order chi connectivity index (χ0) is 20.4. The van der Waals surface area contributed by atoms with Gasteiger partial charge in [-0.3, -0.25) is 0 Å². The first-order chi connectivity index (χ1) is 14.1. The van der Waals surface area contributed by atoms with Gasteiger partial charge in [-0.05, 0) is 18.6 Å². The van der Waals surface area contributed by atoms with Gasteiger partial charge in [0.15, 0.2) is 0 Å². The minimum atomic E-state index is -0.469. The van der Waals surface area contributed by atoms with Gasteiger partial charge in [0.1, 0.15) is 35.4 Å². The van der Waals surface area contributed by atoms with E-state index < -0.39 is 11.7 Å². The zero-order valence-corrected chi connectivity index (χ0v) is 15.6. The number of rotatable bonds is 4. The highest BCUT2D eigenvalue weighted by molar-refractivity contribution is 5.96. The lowest BCUT2D eigenvalue weighted by Crippen LogP contribution is -2.15. The second kappa shape index (κ2) is 7.44. The van der Waals surface area contributed by atoms with E-state index in [9.17, 15) is 10.1 Å². The van der Waals surface area contributed by atoms with E-state index in [1.54, 1.807) is 12.1 Å². The highest BCUT2D eigenvalue weighted by Crippen LogP contribution is 2.35. The molecule has 7 heteroatoms. The molecule has 0 fully saturated rings. The molecule has 0 amide bonds. The Balaban J connectivity index is 1.91. The Morgan fingerprint density at radius 2 is 1.76 bits per heavy atom. The fourth-order valence-corrected chi connectivity index (χ4v) is 3.31. The summed E-state index contributed by atoms with van der Waals surface area (Å²) in [6.45, 7) is 1.83. The lowest BCUT2D eigenvalue weighted by molar-refractivity contribution is 0.452. The van der Waals surface area contributed by atoms with Gasteiger partial charge in [0, 0.05) is 10.9 Å². The maximum absolute atomic E-state index is 12.6. The van der Waals surface area contributed by atoms with Crippen molar-refractivity contribution in [3.63, 3.8) is 0 Å². The average molecular weight is 383 g/mol. The van der Waals surface area contributed by atoms with Gasteiger partial charge in [0.2, 0.25) is 0 Å². The number of benzene rings is 2. The van der Waals surface area contributed by atoms with Crippen LogP contribution in [0, 0.1) is 11.3 Å². The molecule has 2 aromatic carbocycles. The number of nitrogens with two attached hydrogens (primary N) is 1. The summed E-state index contributed by atoms with van der Waals surface area (Å²) in [5, 5.41) is 13.8. The van der Waals surface area contributed by atoms with Crippen LogP contribution in [0.2, 0.25) is 0 Å². The molecule has 0 aliphatic rings. The number of anilines is 2. The fraction of sp³-hybridized carbons (Fsp3) is 0.0909. The summed E-state index contributed by atoms with van der Waals surface area (Å²) in [4.78, 5) is 20.6. The molecule has 0 spiro atoms. The van der Waals surface area contributed by atoms with E-state index in [0.29, 0.717) is 11.1 Å². The van der Waals surface area contributed by atoms with Crippen LogP contribution in [0.5, 0.6) is 0 Å². The molecule has 0 saturated heterocycles. The van der Waals surface area contributed by atoms with Crippen LogP contribution < -0.4 is 16.7 Å². The van der Waals surface area contributed by atoms with E-state index in [1.165, 1.54) is 6.33 Å². The Bertz CT molecular complexity index is 1290. The Labute approximate surface area is 166 Å². The van der Waals surface area contributed by atoms with Crippen molar-refractivity contribution in [1.82, 2.24) is 9.97 Å². The summed E-state index contributed by atoms with van der Waals surface area (Å²) < 4.78 is 5.74. The molecule has 0 aliphatic heterocycles. The van der Waals surface area contributed by atoms with Crippen LogP contribution in [-0.2, 0) is 0 Å². The van der Waals surface area contributed by atoms with Crippen LogP contribution in [0.25, 0.3) is 21.9 Å². The molecular formula is C22H17N5O2. The smallest absolute Gasteiger partial charge is 0.343 e. The van der Waals surface area contributed by atoms with Crippen molar-refractivity contribution in [3.05, 3.63) is 82.7 Å². The van der Waals surface area contributed by atoms with E-state index in [-0.39, 0.29) is 17.2 Å². The predicted molar refractivity (Wildman–Crippen MR) is 111 cm³/mol. The third-order valence-corrected chi connectivity index (χ3v) is 4.66. The van der Waals surface area contributed by atoms with Gasteiger partial charge in [0.25, 0.3) is 0 Å². The maximum Gasteiger partial charge on any atom is 0.343 e. The van der Waals surface area contributed by atoms with Gasteiger partial charge in [-0.15, -0.1) is 0 Å². The van der Waals surface area contributed by atoms with Crippen LogP contribution in [0.3, 0.4) is 0 Å². The average Bonchev–Trinajstić information content (AvgIpc) is 2.74. The van der Waals surface area contributed by atoms with Gasteiger partial charge in [-0.2, -0.15) is 5.26 Å². The first-order valence-electron chi connectivity index (χ1n) is 8.98. The van der Waals surface area contributed by atoms with Crippen LogP contribution in [0.4, 0.5) is 11.6 Å². The molecule has 2 aromatic heterocycles. The number of nitrogens with one attached hydrogen (secondary N) is 1. The predicted octanol–water partition coefficient (Wildman–Crippen LogP) is 3.88. The molecule has 2 heterocycles. The van der Waals surface area contributed by atoms with E-state index in [2.05, 4.69) is 15.3 Å². The fourth-order valence-electron chi connectivity index (χ4n) is 3.31. The quantitative estimate of drug-likeness (QED) is 0.549. The molecule has 1 atom stereocenters. The van der Waals surface area contributed by atoms with Crippen LogP contribution in [-0.4, -0.2) is 9.97 Å². The summed E-state index contributed by atoms with van der Waals surface area (Å²) in [5.41, 5.74) is 7.22. The number of nitriles is 1. The standard InChI is InChI=1S/C22H17N5O2/c1-13(27-21-17(11-23)20(24)25-12-26-21)19-18(14-7-3-2-4-8-14)15-9-5-6-10-16(15)22(28)29-19/h2-10,12-13H,1H3,(H3,24,25,26,27). The Hall–Kier alpha value is -4.18. The van der Waals surface area contributed by atoms with Gasteiger partial charge in [0.05, 0.1) is 11.4 Å². The number of fused-ring (bicyclic) bond motifs is 1. The first kappa shape index (κ1) is 18.2. The molecule has 0 bridgehead atoms. The van der Waals surface area contributed by atoms with E-state index in [1.807, 2.05) is 55.5 Å². The van der Waals surface area contributed by atoms with Gasteiger partial charge < -0.3 is 15.5 Å². The molecule has 1 unspecified atom stereocenters. The molecule has 142 valence electrons. The molecule has 29 heavy (non-hydrogen) atoms. The SMILES string of the molecule is CC(Nc1ncnc(N)c1C#N)c1oc(=O)c2ccccc2c1-c1ccccc1.